The summed E-state index contributed by atoms with van der Waals surface area (Å²) >= 11 is 2.27. The molecular weight excluding hydrogens is 363 g/mol. The van der Waals surface area contributed by atoms with Crippen LogP contribution in [0.2, 0.25) is 0 Å². The highest BCUT2D eigenvalue weighted by atomic mass is 127. The average molecular weight is 380 g/mol. The zero-order valence-corrected chi connectivity index (χ0v) is 13.6. The summed E-state index contributed by atoms with van der Waals surface area (Å²) in [7, 11) is 0. The maximum absolute atomic E-state index is 6.08. The number of pyridine rings is 1. The molecule has 0 amide bonds. The minimum absolute atomic E-state index is 0.524. The number of hydrogen-bond acceptors (Lipinski definition) is 4. The van der Waals surface area contributed by atoms with E-state index in [9.17, 15) is 0 Å². The highest BCUT2D eigenvalue weighted by Crippen LogP contribution is 2.37. The van der Waals surface area contributed by atoms with Gasteiger partial charge in [-0.25, -0.2) is 9.97 Å². The Kier molecular flexibility index (Phi) is 3.87. The molecule has 2 aromatic rings. The van der Waals surface area contributed by atoms with Gasteiger partial charge in [0, 0.05) is 12.1 Å². The number of nitrogen functional groups attached to an aromatic ring is 1. The zero-order valence-electron chi connectivity index (χ0n) is 11.4. The lowest BCUT2D eigenvalue weighted by atomic mass is 10.0. The largest absolute Gasteiger partial charge is 0.383 e. The summed E-state index contributed by atoms with van der Waals surface area (Å²) in [6.45, 7) is 2.04. The van der Waals surface area contributed by atoms with E-state index in [-0.39, 0.29) is 0 Å². The molecule has 0 aromatic carbocycles. The number of anilines is 1. The van der Waals surface area contributed by atoms with Crippen LogP contribution in [-0.2, 0) is 0 Å². The van der Waals surface area contributed by atoms with Crippen LogP contribution >= 0.6 is 22.6 Å². The molecule has 2 N–H and O–H groups in total. The van der Waals surface area contributed by atoms with Gasteiger partial charge in [0.15, 0.2) is 5.82 Å². The van der Waals surface area contributed by atoms with Gasteiger partial charge in [-0.15, -0.1) is 0 Å². The molecule has 1 fully saturated rings. The van der Waals surface area contributed by atoms with E-state index in [0.717, 1.165) is 20.5 Å². The van der Waals surface area contributed by atoms with E-state index >= 15 is 0 Å². The van der Waals surface area contributed by atoms with Crippen LogP contribution in [0.3, 0.4) is 0 Å². The lowest BCUT2D eigenvalue weighted by Crippen LogP contribution is -2.08. The van der Waals surface area contributed by atoms with Crippen molar-refractivity contribution in [3.63, 3.8) is 0 Å². The number of hydrogen-bond donors (Lipinski definition) is 1. The van der Waals surface area contributed by atoms with Crippen molar-refractivity contribution < 1.29 is 0 Å². The molecule has 0 atom stereocenters. The van der Waals surface area contributed by atoms with Gasteiger partial charge < -0.3 is 5.73 Å². The molecule has 1 saturated carbocycles. The van der Waals surface area contributed by atoms with Crippen LogP contribution in [0.4, 0.5) is 5.82 Å². The SMILES string of the molecule is Cc1ccnc(-c2nc(N)c(I)c(C3CCCC3)n2)c1. The summed E-state index contributed by atoms with van der Waals surface area (Å²) in [4.78, 5) is 13.5. The van der Waals surface area contributed by atoms with Gasteiger partial charge >= 0.3 is 0 Å². The van der Waals surface area contributed by atoms with Gasteiger partial charge in [0.2, 0.25) is 0 Å². The van der Waals surface area contributed by atoms with Crippen LogP contribution in [0.5, 0.6) is 0 Å². The fourth-order valence-electron chi connectivity index (χ4n) is 2.73. The standard InChI is InChI=1S/C15H17IN4/c1-9-6-7-18-11(8-9)15-19-13(10-4-2-3-5-10)12(16)14(17)20-15/h6-8,10H,2-5H2,1H3,(H2,17,19,20). The van der Waals surface area contributed by atoms with Crippen LogP contribution in [0.15, 0.2) is 18.3 Å². The van der Waals surface area contributed by atoms with E-state index < -0.39 is 0 Å². The Balaban J connectivity index is 2.08. The second kappa shape index (κ2) is 5.63. The first-order chi connectivity index (χ1) is 9.65. The molecule has 0 spiro atoms. The third kappa shape index (κ3) is 2.63. The number of aryl methyl sites for hydroxylation is 1. The summed E-state index contributed by atoms with van der Waals surface area (Å²) in [5, 5.41) is 0. The van der Waals surface area contributed by atoms with Crippen molar-refractivity contribution in [2.24, 2.45) is 0 Å². The van der Waals surface area contributed by atoms with Gasteiger partial charge in [-0.3, -0.25) is 4.98 Å². The minimum atomic E-state index is 0.524. The van der Waals surface area contributed by atoms with Crippen molar-refractivity contribution in [3.8, 4) is 11.5 Å². The predicted molar refractivity (Wildman–Crippen MR) is 88.3 cm³/mol. The first-order valence-electron chi connectivity index (χ1n) is 6.91. The molecule has 0 aliphatic heterocycles. The van der Waals surface area contributed by atoms with Gasteiger partial charge in [-0.1, -0.05) is 12.8 Å². The Bertz CT molecular complexity index is 636. The zero-order chi connectivity index (χ0) is 14.1. The van der Waals surface area contributed by atoms with Crippen molar-refractivity contribution in [3.05, 3.63) is 33.2 Å². The Morgan fingerprint density at radius 3 is 2.70 bits per heavy atom. The quantitative estimate of drug-likeness (QED) is 0.808. The van der Waals surface area contributed by atoms with Gasteiger partial charge in [-0.05, 0) is 60.1 Å². The summed E-state index contributed by atoms with van der Waals surface area (Å²) in [5.74, 6) is 1.74. The second-order valence-corrected chi connectivity index (χ2v) is 6.41. The topological polar surface area (TPSA) is 64.7 Å². The lowest BCUT2D eigenvalue weighted by molar-refractivity contribution is 0.691. The first-order valence-corrected chi connectivity index (χ1v) is 7.99. The highest BCUT2D eigenvalue weighted by Gasteiger charge is 2.23. The molecule has 2 aromatic heterocycles. The lowest BCUT2D eigenvalue weighted by Gasteiger charge is -2.13. The summed E-state index contributed by atoms with van der Waals surface area (Å²) in [6.07, 6.45) is 6.75. The molecule has 0 saturated heterocycles. The normalized spacial score (nSPS) is 15.7. The maximum Gasteiger partial charge on any atom is 0.180 e. The molecular formula is C15H17IN4. The van der Waals surface area contributed by atoms with E-state index in [0.29, 0.717) is 17.6 Å². The third-order valence-electron chi connectivity index (χ3n) is 3.79. The van der Waals surface area contributed by atoms with E-state index in [4.69, 9.17) is 10.7 Å². The fraction of sp³-hybridized carbons (Fsp3) is 0.400. The predicted octanol–water partition coefficient (Wildman–Crippen LogP) is 3.69. The average Bonchev–Trinajstić information content (AvgIpc) is 2.95. The first kappa shape index (κ1) is 13.7. The van der Waals surface area contributed by atoms with Crippen molar-refractivity contribution in [2.75, 3.05) is 5.73 Å². The molecule has 1 aliphatic rings. The van der Waals surface area contributed by atoms with Crippen molar-refractivity contribution in [1.29, 1.82) is 0 Å². The molecule has 20 heavy (non-hydrogen) atoms. The van der Waals surface area contributed by atoms with Crippen molar-refractivity contribution in [2.45, 2.75) is 38.5 Å². The molecule has 5 heteroatoms. The molecule has 104 valence electrons. The maximum atomic E-state index is 6.08. The monoisotopic (exact) mass is 380 g/mol. The molecule has 0 unspecified atom stereocenters. The second-order valence-electron chi connectivity index (χ2n) is 5.33. The Morgan fingerprint density at radius 2 is 2.00 bits per heavy atom. The van der Waals surface area contributed by atoms with E-state index in [1.807, 2.05) is 19.1 Å². The van der Waals surface area contributed by atoms with Crippen LogP contribution in [0, 0.1) is 10.5 Å². The Labute approximate surface area is 132 Å². The number of nitrogens with two attached hydrogens (primary N) is 1. The van der Waals surface area contributed by atoms with Crippen molar-refractivity contribution in [1.82, 2.24) is 15.0 Å². The molecule has 1 aliphatic carbocycles. The smallest absolute Gasteiger partial charge is 0.180 e. The van der Waals surface area contributed by atoms with E-state index in [1.165, 1.54) is 25.7 Å². The van der Waals surface area contributed by atoms with Gasteiger partial charge in [0.25, 0.3) is 0 Å². The Hall–Kier alpha value is -1.24. The van der Waals surface area contributed by atoms with Crippen molar-refractivity contribution >= 4 is 28.4 Å². The van der Waals surface area contributed by atoms with Gasteiger partial charge in [0.1, 0.15) is 11.5 Å². The Morgan fingerprint density at radius 1 is 1.25 bits per heavy atom. The molecule has 3 rings (SSSR count). The molecule has 4 nitrogen and oxygen atoms in total. The van der Waals surface area contributed by atoms with E-state index in [1.54, 1.807) is 6.20 Å². The summed E-state index contributed by atoms with van der Waals surface area (Å²) in [5.41, 5.74) is 9.13. The molecule has 0 bridgehead atoms. The van der Waals surface area contributed by atoms with Crippen LogP contribution in [-0.4, -0.2) is 15.0 Å². The van der Waals surface area contributed by atoms with Gasteiger partial charge in [-0.2, -0.15) is 0 Å². The number of rotatable bonds is 2. The number of aromatic nitrogens is 3. The summed E-state index contributed by atoms with van der Waals surface area (Å²) in [6, 6.07) is 3.97. The number of halogens is 1. The minimum Gasteiger partial charge on any atom is -0.383 e. The molecule has 0 radical (unpaired) electrons. The van der Waals surface area contributed by atoms with Crippen LogP contribution in [0.25, 0.3) is 11.5 Å². The third-order valence-corrected chi connectivity index (χ3v) is 4.89. The van der Waals surface area contributed by atoms with Crippen LogP contribution in [0.1, 0.15) is 42.9 Å². The number of nitrogens with zero attached hydrogens (tertiary/aromatic N) is 3. The highest BCUT2D eigenvalue weighted by molar-refractivity contribution is 14.1. The van der Waals surface area contributed by atoms with E-state index in [2.05, 4.69) is 32.6 Å². The molecule has 2 heterocycles. The van der Waals surface area contributed by atoms with Crippen LogP contribution < -0.4 is 5.73 Å². The van der Waals surface area contributed by atoms with Gasteiger partial charge in [0.05, 0.1) is 9.26 Å². The fourth-order valence-corrected chi connectivity index (χ4v) is 3.41. The summed E-state index contributed by atoms with van der Waals surface area (Å²) < 4.78 is 1.01.